The maximum atomic E-state index is 11.8. The monoisotopic (exact) mass is 429 g/mol. The van der Waals surface area contributed by atoms with Crippen LogP contribution in [0.5, 0.6) is 0 Å². The molecular formula is C23H31N3O5. The highest BCUT2D eigenvalue weighted by Crippen LogP contribution is 2.15. The third-order valence-electron chi connectivity index (χ3n) is 4.39. The summed E-state index contributed by atoms with van der Waals surface area (Å²) < 4.78 is 0. The molecule has 2 rings (SSSR count). The van der Waals surface area contributed by atoms with E-state index in [1.165, 1.54) is 0 Å². The summed E-state index contributed by atoms with van der Waals surface area (Å²) in [6, 6.07) is 16.6. The van der Waals surface area contributed by atoms with Gasteiger partial charge in [0.2, 0.25) is 11.8 Å². The number of hydroxylamine groups is 1. The first-order chi connectivity index (χ1) is 15.0. The van der Waals surface area contributed by atoms with E-state index in [0.717, 1.165) is 36.1 Å². The number of aliphatic carboxylic acids is 1. The van der Waals surface area contributed by atoms with Crippen LogP contribution in [0.2, 0.25) is 0 Å². The van der Waals surface area contributed by atoms with E-state index in [2.05, 4.69) is 5.32 Å². The number of carbonyl (C=O) groups is 3. The lowest BCUT2D eigenvalue weighted by atomic mass is 10.1. The minimum atomic E-state index is -0.786. The molecule has 0 aliphatic carbocycles. The molecule has 2 aromatic rings. The van der Waals surface area contributed by atoms with Crippen molar-refractivity contribution < 1.29 is 24.7 Å². The van der Waals surface area contributed by atoms with E-state index in [9.17, 15) is 14.4 Å². The molecule has 0 atom stereocenters. The maximum absolute atomic E-state index is 11.8. The normalized spacial score (nSPS) is 9.87. The van der Waals surface area contributed by atoms with Crippen molar-refractivity contribution >= 4 is 23.5 Å². The molecule has 0 fully saturated rings. The molecule has 0 aliphatic heterocycles. The summed E-state index contributed by atoms with van der Waals surface area (Å²) in [4.78, 5) is 32.8. The summed E-state index contributed by atoms with van der Waals surface area (Å²) in [6.45, 7) is 0.392. The van der Waals surface area contributed by atoms with E-state index < -0.39 is 5.97 Å². The summed E-state index contributed by atoms with van der Waals surface area (Å²) in [5.74, 6) is -1.18. The van der Waals surface area contributed by atoms with Crippen LogP contribution in [-0.2, 0) is 27.3 Å². The molecule has 6 N–H and O–H groups in total. The first-order valence-corrected chi connectivity index (χ1v) is 10.2. The summed E-state index contributed by atoms with van der Waals surface area (Å²) in [6.07, 6.45) is 4.10. The van der Waals surface area contributed by atoms with E-state index >= 15 is 0 Å². The van der Waals surface area contributed by atoms with Gasteiger partial charge in [0.15, 0.2) is 0 Å². The number of rotatable bonds is 11. The van der Waals surface area contributed by atoms with Gasteiger partial charge < -0.3 is 16.2 Å². The first kappa shape index (κ1) is 25.8. The molecule has 0 aliphatic rings. The van der Waals surface area contributed by atoms with Gasteiger partial charge in [-0.3, -0.25) is 19.6 Å². The Morgan fingerprint density at radius 1 is 0.806 bits per heavy atom. The Morgan fingerprint density at radius 3 is 1.97 bits per heavy atom. The van der Waals surface area contributed by atoms with Gasteiger partial charge in [0, 0.05) is 25.1 Å². The van der Waals surface area contributed by atoms with Gasteiger partial charge in [-0.1, -0.05) is 61.4 Å². The summed E-state index contributed by atoms with van der Waals surface area (Å²) in [7, 11) is 0. The van der Waals surface area contributed by atoms with Crippen LogP contribution in [0.4, 0.5) is 5.69 Å². The number of carbonyl (C=O) groups excluding carboxylic acids is 2. The second-order valence-electron chi connectivity index (χ2n) is 6.91. The zero-order valence-electron chi connectivity index (χ0n) is 17.5. The number of amides is 2. The number of carboxylic acid groups (broad SMARTS) is 1. The minimum Gasteiger partial charge on any atom is -0.481 e. The lowest BCUT2D eigenvalue weighted by molar-refractivity contribution is -0.136. The standard InChI is InChI=1S/C15H23N3O3.C8H8O2/c16-11-12-7-5-6-8-13(12)17-14(19)9-3-1-2-4-10-15(20)18-21;9-8(10)6-7-4-2-1-3-5-7/h5-8,21H,1-4,9-11,16H2,(H,17,19)(H,18,20);1-5H,6H2,(H,9,10). The third-order valence-corrected chi connectivity index (χ3v) is 4.39. The van der Waals surface area contributed by atoms with Crippen LogP contribution in [0.1, 0.15) is 49.7 Å². The molecule has 168 valence electrons. The predicted octanol–water partition coefficient (Wildman–Crippen LogP) is 3.24. The van der Waals surface area contributed by atoms with Crippen molar-refractivity contribution in [3.63, 3.8) is 0 Å². The average Bonchev–Trinajstić information content (AvgIpc) is 2.77. The van der Waals surface area contributed by atoms with Gasteiger partial charge in [0.05, 0.1) is 6.42 Å². The van der Waals surface area contributed by atoms with Crippen LogP contribution in [0.25, 0.3) is 0 Å². The van der Waals surface area contributed by atoms with Gasteiger partial charge >= 0.3 is 5.97 Å². The number of hydrogen-bond acceptors (Lipinski definition) is 5. The highest BCUT2D eigenvalue weighted by atomic mass is 16.5. The number of nitrogens with two attached hydrogens (primary N) is 1. The number of nitrogens with one attached hydrogen (secondary N) is 2. The average molecular weight is 430 g/mol. The van der Waals surface area contributed by atoms with E-state index in [-0.39, 0.29) is 18.2 Å². The Labute approximate surface area is 182 Å². The van der Waals surface area contributed by atoms with Crippen LogP contribution in [0, 0.1) is 0 Å². The van der Waals surface area contributed by atoms with Crippen LogP contribution >= 0.6 is 0 Å². The third kappa shape index (κ3) is 12.1. The van der Waals surface area contributed by atoms with Crippen LogP contribution in [0.15, 0.2) is 54.6 Å². The molecule has 0 heterocycles. The molecule has 2 aromatic carbocycles. The van der Waals surface area contributed by atoms with Crippen molar-refractivity contribution in [2.75, 3.05) is 5.32 Å². The lowest BCUT2D eigenvalue weighted by Crippen LogP contribution is -2.17. The van der Waals surface area contributed by atoms with Crippen LogP contribution < -0.4 is 16.5 Å². The van der Waals surface area contributed by atoms with Crippen molar-refractivity contribution in [1.82, 2.24) is 5.48 Å². The topological polar surface area (TPSA) is 142 Å². The fourth-order valence-electron chi connectivity index (χ4n) is 2.78. The predicted molar refractivity (Wildman–Crippen MR) is 118 cm³/mol. The molecule has 0 aromatic heterocycles. The summed E-state index contributed by atoms with van der Waals surface area (Å²) >= 11 is 0. The van der Waals surface area contributed by atoms with Gasteiger partial charge in [-0.15, -0.1) is 0 Å². The molecule has 0 bridgehead atoms. The van der Waals surface area contributed by atoms with Gasteiger partial charge in [-0.05, 0) is 30.0 Å². The fourth-order valence-corrected chi connectivity index (χ4v) is 2.78. The number of benzene rings is 2. The Balaban J connectivity index is 0.000000399. The summed E-state index contributed by atoms with van der Waals surface area (Å²) in [5, 5.41) is 19.6. The Morgan fingerprint density at radius 2 is 1.39 bits per heavy atom. The van der Waals surface area contributed by atoms with E-state index in [1.807, 2.05) is 42.5 Å². The van der Waals surface area contributed by atoms with Gasteiger partial charge in [0.1, 0.15) is 0 Å². The van der Waals surface area contributed by atoms with Gasteiger partial charge in [-0.2, -0.15) is 0 Å². The van der Waals surface area contributed by atoms with Crippen LogP contribution in [0.3, 0.4) is 0 Å². The maximum Gasteiger partial charge on any atom is 0.307 e. The second-order valence-corrected chi connectivity index (χ2v) is 6.91. The zero-order chi connectivity index (χ0) is 22.9. The number of anilines is 1. The number of unbranched alkanes of at least 4 members (excludes halogenated alkanes) is 3. The van der Waals surface area contributed by atoms with E-state index in [1.54, 1.807) is 17.6 Å². The van der Waals surface area contributed by atoms with E-state index in [0.29, 0.717) is 25.8 Å². The molecule has 0 saturated heterocycles. The highest BCUT2D eigenvalue weighted by Gasteiger charge is 2.05. The van der Waals surface area contributed by atoms with Gasteiger partial charge in [-0.25, -0.2) is 5.48 Å². The summed E-state index contributed by atoms with van der Waals surface area (Å²) in [5.41, 5.74) is 9.74. The second kappa shape index (κ2) is 15.6. The lowest BCUT2D eigenvalue weighted by Gasteiger charge is -2.09. The van der Waals surface area contributed by atoms with Crippen molar-refractivity contribution in [3.05, 3.63) is 65.7 Å². The molecule has 8 nitrogen and oxygen atoms in total. The number of para-hydroxylation sites is 1. The molecule has 0 saturated carbocycles. The Bertz CT molecular complexity index is 812. The highest BCUT2D eigenvalue weighted by molar-refractivity contribution is 5.91. The van der Waals surface area contributed by atoms with Crippen molar-refractivity contribution in [1.29, 1.82) is 0 Å². The molecular weight excluding hydrogens is 398 g/mol. The minimum absolute atomic E-state index is 0.0241. The van der Waals surface area contributed by atoms with Crippen LogP contribution in [-0.4, -0.2) is 28.1 Å². The molecule has 0 spiro atoms. The number of carboxylic acids is 1. The molecule has 8 heteroatoms. The SMILES string of the molecule is NCc1ccccc1NC(=O)CCCCCCC(=O)NO.O=C(O)Cc1ccccc1. The molecule has 0 unspecified atom stereocenters. The number of hydrogen-bond donors (Lipinski definition) is 5. The van der Waals surface area contributed by atoms with E-state index in [4.69, 9.17) is 16.0 Å². The molecule has 0 radical (unpaired) electrons. The van der Waals surface area contributed by atoms with Crippen molar-refractivity contribution in [3.8, 4) is 0 Å². The smallest absolute Gasteiger partial charge is 0.307 e. The molecule has 2 amide bonds. The largest absolute Gasteiger partial charge is 0.481 e. The quantitative estimate of drug-likeness (QED) is 0.211. The first-order valence-electron chi connectivity index (χ1n) is 10.2. The Hall–Kier alpha value is -3.23. The molecule has 31 heavy (non-hydrogen) atoms. The van der Waals surface area contributed by atoms with Gasteiger partial charge in [0.25, 0.3) is 0 Å². The Kier molecular flexibility index (Phi) is 13.0. The van der Waals surface area contributed by atoms with Crippen molar-refractivity contribution in [2.24, 2.45) is 5.73 Å². The fraction of sp³-hybridized carbons (Fsp3) is 0.348. The van der Waals surface area contributed by atoms with Crippen molar-refractivity contribution in [2.45, 2.75) is 51.5 Å². The zero-order valence-corrected chi connectivity index (χ0v) is 17.5.